The lowest BCUT2D eigenvalue weighted by atomic mass is 10.2. The van der Waals surface area contributed by atoms with Crippen LogP contribution in [-0.2, 0) is 0 Å². The Morgan fingerprint density at radius 3 is 2.54 bits per heavy atom. The molecule has 1 heterocycles. The third kappa shape index (κ3) is 3.79. The molecule has 128 valence electrons. The van der Waals surface area contributed by atoms with Gasteiger partial charge in [-0.1, -0.05) is 29.8 Å². The standard InChI is InChI=1S/C19H14ClN5O/c1-12-14(20)6-4-8-15(12)23-19(26)17-9-10-18(25-24-17)22-16-7-3-2-5-13(16)11-21/h2-10H,1H3,(H,22,25)(H,23,26). The van der Waals surface area contributed by atoms with Gasteiger partial charge in [0.2, 0.25) is 0 Å². The number of nitriles is 1. The van der Waals surface area contributed by atoms with E-state index in [1.807, 2.05) is 13.0 Å². The van der Waals surface area contributed by atoms with Crippen molar-refractivity contribution in [2.75, 3.05) is 10.6 Å². The molecule has 0 radical (unpaired) electrons. The lowest BCUT2D eigenvalue weighted by Gasteiger charge is -2.09. The van der Waals surface area contributed by atoms with Crippen molar-refractivity contribution in [1.29, 1.82) is 5.26 Å². The number of carbonyl (C=O) groups is 1. The molecule has 6 nitrogen and oxygen atoms in total. The van der Waals surface area contributed by atoms with Crippen molar-refractivity contribution in [3.8, 4) is 6.07 Å². The Kier molecular flexibility index (Phi) is 5.11. The summed E-state index contributed by atoms with van der Waals surface area (Å²) in [6.07, 6.45) is 0. The van der Waals surface area contributed by atoms with Crippen LogP contribution >= 0.6 is 11.6 Å². The van der Waals surface area contributed by atoms with Crippen LogP contribution < -0.4 is 10.6 Å². The smallest absolute Gasteiger partial charge is 0.276 e. The quantitative estimate of drug-likeness (QED) is 0.720. The topological polar surface area (TPSA) is 90.7 Å². The summed E-state index contributed by atoms with van der Waals surface area (Å²) in [6.45, 7) is 1.82. The first-order valence-corrected chi connectivity index (χ1v) is 8.12. The van der Waals surface area contributed by atoms with Crippen LogP contribution in [0, 0.1) is 18.3 Å². The van der Waals surface area contributed by atoms with E-state index in [2.05, 4.69) is 26.9 Å². The number of aromatic nitrogens is 2. The second-order valence-electron chi connectivity index (χ2n) is 5.45. The number of anilines is 3. The number of hydrogen-bond acceptors (Lipinski definition) is 5. The van der Waals surface area contributed by atoms with Crippen LogP contribution in [0.15, 0.2) is 54.6 Å². The molecule has 0 aliphatic heterocycles. The minimum absolute atomic E-state index is 0.170. The lowest BCUT2D eigenvalue weighted by molar-refractivity contribution is 0.102. The van der Waals surface area contributed by atoms with E-state index in [0.717, 1.165) is 5.56 Å². The fourth-order valence-electron chi connectivity index (χ4n) is 2.28. The van der Waals surface area contributed by atoms with Crippen LogP contribution in [0.4, 0.5) is 17.2 Å². The number of amides is 1. The molecule has 0 unspecified atom stereocenters. The minimum atomic E-state index is -0.383. The molecule has 1 amide bonds. The Morgan fingerprint density at radius 1 is 1.04 bits per heavy atom. The number of para-hydroxylation sites is 1. The van der Waals surface area contributed by atoms with E-state index < -0.39 is 0 Å². The summed E-state index contributed by atoms with van der Waals surface area (Å²) in [5, 5.41) is 23.4. The van der Waals surface area contributed by atoms with Gasteiger partial charge in [0.05, 0.1) is 11.3 Å². The molecule has 2 aromatic carbocycles. The molecule has 3 aromatic rings. The van der Waals surface area contributed by atoms with Gasteiger partial charge in [-0.25, -0.2) is 0 Å². The highest BCUT2D eigenvalue weighted by molar-refractivity contribution is 6.31. The zero-order chi connectivity index (χ0) is 18.5. The maximum Gasteiger partial charge on any atom is 0.276 e. The summed E-state index contributed by atoms with van der Waals surface area (Å²) in [5.74, 6) is 0.0510. The minimum Gasteiger partial charge on any atom is -0.338 e. The van der Waals surface area contributed by atoms with E-state index in [1.54, 1.807) is 48.5 Å². The van der Waals surface area contributed by atoms with Crippen LogP contribution in [0.5, 0.6) is 0 Å². The number of carbonyl (C=O) groups excluding carboxylic acids is 1. The summed E-state index contributed by atoms with van der Waals surface area (Å²) in [7, 11) is 0. The summed E-state index contributed by atoms with van der Waals surface area (Å²) >= 11 is 6.06. The predicted octanol–water partition coefficient (Wildman–Crippen LogP) is 4.31. The van der Waals surface area contributed by atoms with Gasteiger partial charge >= 0.3 is 0 Å². The first kappa shape index (κ1) is 17.4. The van der Waals surface area contributed by atoms with Gasteiger partial charge in [-0.05, 0) is 48.9 Å². The summed E-state index contributed by atoms with van der Waals surface area (Å²) in [5.41, 5.74) is 2.68. The molecule has 0 spiro atoms. The van der Waals surface area contributed by atoms with Crippen LogP contribution in [0.25, 0.3) is 0 Å². The van der Waals surface area contributed by atoms with Gasteiger partial charge in [0.15, 0.2) is 11.5 Å². The van der Waals surface area contributed by atoms with Gasteiger partial charge < -0.3 is 10.6 Å². The highest BCUT2D eigenvalue weighted by atomic mass is 35.5. The van der Waals surface area contributed by atoms with E-state index in [9.17, 15) is 4.79 Å². The van der Waals surface area contributed by atoms with Crippen molar-refractivity contribution in [3.05, 3.63) is 76.4 Å². The van der Waals surface area contributed by atoms with Gasteiger partial charge in [0.1, 0.15) is 6.07 Å². The molecule has 0 aliphatic carbocycles. The molecule has 0 fully saturated rings. The fourth-order valence-corrected chi connectivity index (χ4v) is 2.45. The third-order valence-electron chi connectivity index (χ3n) is 3.72. The van der Waals surface area contributed by atoms with Crippen molar-refractivity contribution >= 4 is 34.7 Å². The SMILES string of the molecule is Cc1c(Cl)cccc1NC(=O)c1ccc(Nc2ccccc2C#N)nn1. The summed E-state index contributed by atoms with van der Waals surface area (Å²) in [4.78, 5) is 12.3. The van der Waals surface area contributed by atoms with Crippen molar-refractivity contribution in [1.82, 2.24) is 10.2 Å². The molecule has 0 bridgehead atoms. The largest absolute Gasteiger partial charge is 0.338 e. The molecule has 7 heteroatoms. The number of rotatable bonds is 4. The fraction of sp³-hybridized carbons (Fsp3) is 0.0526. The number of halogens is 1. The molecule has 0 saturated carbocycles. The van der Waals surface area contributed by atoms with Crippen molar-refractivity contribution < 1.29 is 4.79 Å². The van der Waals surface area contributed by atoms with Gasteiger partial charge in [0.25, 0.3) is 5.91 Å². The Hall–Kier alpha value is -3.43. The highest BCUT2D eigenvalue weighted by Crippen LogP contribution is 2.23. The lowest BCUT2D eigenvalue weighted by Crippen LogP contribution is -2.15. The molecule has 3 rings (SSSR count). The van der Waals surface area contributed by atoms with Gasteiger partial charge in [-0.3, -0.25) is 4.79 Å². The van der Waals surface area contributed by atoms with Gasteiger partial charge in [-0.2, -0.15) is 5.26 Å². The van der Waals surface area contributed by atoms with Crippen molar-refractivity contribution in [2.45, 2.75) is 6.92 Å². The predicted molar refractivity (Wildman–Crippen MR) is 101 cm³/mol. The van der Waals surface area contributed by atoms with Crippen LogP contribution in [-0.4, -0.2) is 16.1 Å². The Bertz CT molecular complexity index is 996. The van der Waals surface area contributed by atoms with Crippen molar-refractivity contribution in [3.63, 3.8) is 0 Å². The average Bonchev–Trinajstić information content (AvgIpc) is 2.66. The van der Waals surface area contributed by atoms with Crippen LogP contribution in [0.1, 0.15) is 21.6 Å². The zero-order valence-electron chi connectivity index (χ0n) is 13.8. The number of nitrogens with one attached hydrogen (secondary N) is 2. The third-order valence-corrected chi connectivity index (χ3v) is 4.13. The van der Waals surface area contributed by atoms with E-state index in [4.69, 9.17) is 16.9 Å². The summed E-state index contributed by atoms with van der Waals surface area (Å²) in [6, 6.07) is 17.6. The van der Waals surface area contributed by atoms with E-state index in [1.165, 1.54) is 0 Å². The van der Waals surface area contributed by atoms with Crippen LogP contribution in [0.3, 0.4) is 0 Å². The van der Waals surface area contributed by atoms with Gasteiger partial charge in [0, 0.05) is 10.7 Å². The first-order valence-electron chi connectivity index (χ1n) is 7.75. The second-order valence-corrected chi connectivity index (χ2v) is 5.86. The van der Waals surface area contributed by atoms with E-state index >= 15 is 0 Å². The highest BCUT2D eigenvalue weighted by Gasteiger charge is 2.11. The molecule has 0 aliphatic rings. The summed E-state index contributed by atoms with van der Waals surface area (Å²) < 4.78 is 0. The Morgan fingerprint density at radius 2 is 1.81 bits per heavy atom. The average molecular weight is 364 g/mol. The zero-order valence-corrected chi connectivity index (χ0v) is 14.6. The maximum absolute atomic E-state index is 12.3. The number of benzene rings is 2. The Balaban J connectivity index is 1.74. The number of hydrogen-bond donors (Lipinski definition) is 2. The normalized spacial score (nSPS) is 10.0. The first-order chi connectivity index (χ1) is 12.6. The molecule has 1 aromatic heterocycles. The molecular formula is C19H14ClN5O. The molecule has 26 heavy (non-hydrogen) atoms. The molecule has 2 N–H and O–H groups in total. The van der Waals surface area contributed by atoms with Gasteiger partial charge in [-0.15, -0.1) is 10.2 Å². The second kappa shape index (κ2) is 7.64. The maximum atomic E-state index is 12.3. The molecule has 0 saturated heterocycles. The van der Waals surface area contributed by atoms with E-state index in [-0.39, 0.29) is 11.6 Å². The Labute approximate surface area is 155 Å². The van der Waals surface area contributed by atoms with Crippen molar-refractivity contribution in [2.24, 2.45) is 0 Å². The monoisotopic (exact) mass is 363 g/mol. The molecule has 0 atom stereocenters. The van der Waals surface area contributed by atoms with E-state index in [0.29, 0.717) is 27.8 Å². The van der Waals surface area contributed by atoms with Crippen LogP contribution in [0.2, 0.25) is 5.02 Å². The number of nitrogens with zero attached hydrogens (tertiary/aromatic N) is 3. The molecular weight excluding hydrogens is 350 g/mol.